The second-order valence-corrected chi connectivity index (χ2v) is 5.77. The molecule has 0 aliphatic carbocycles. The van der Waals surface area contributed by atoms with Crippen molar-refractivity contribution in [2.75, 3.05) is 11.9 Å². The molecule has 0 saturated carbocycles. The lowest BCUT2D eigenvalue weighted by Gasteiger charge is -2.08. The Labute approximate surface area is 122 Å². The Bertz CT molecular complexity index is 589. The number of rotatable bonds is 4. The van der Waals surface area contributed by atoms with Crippen molar-refractivity contribution in [1.29, 1.82) is 0 Å². The second-order valence-electron chi connectivity index (χ2n) is 4.92. The number of para-hydroxylation sites is 1. The van der Waals surface area contributed by atoms with Gasteiger partial charge in [-0.25, -0.2) is 4.68 Å². The summed E-state index contributed by atoms with van der Waals surface area (Å²) in [6.07, 6.45) is 4.60. The third-order valence-corrected chi connectivity index (χ3v) is 4.25. The topological polar surface area (TPSA) is 29.9 Å². The number of fused-ring (bicyclic) bond motifs is 1. The monoisotopic (exact) mass is 319 g/mol. The van der Waals surface area contributed by atoms with E-state index in [1.807, 2.05) is 6.07 Å². The maximum Gasteiger partial charge on any atom is 0.133 e. The maximum absolute atomic E-state index is 4.82. The molecule has 1 N–H and O–H groups in total. The van der Waals surface area contributed by atoms with Crippen LogP contribution in [0.3, 0.4) is 0 Å². The van der Waals surface area contributed by atoms with E-state index in [1.54, 1.807) is 0 Å². The molecular formula is C15H18BrN3. The highest BCUT2D eigenvalue weighted by Gasteiger charge is 2.23. The molecule has 0 unspecified atom stereocenters. The zero-order valence-corrected chi connectivity index (χ0v) is 12.7. The van der Waals surface area contributed by atoms with Gasteiger partial charge in [-0.05, 0) is 47.3 Å². The third-order valence-electron chi connectivity index (χ3n) is 3.58. The van der Waals surface area contributed by atoms with Crippen LogP contribution in [0.4, 0.5) is 5.82 Å². The third kappa shape index (κ3) is 2.29. The molecule has 0 radical (unpaired) electrons. The average Bonchev–Trinajstić information content (AvgIpc) is 3.00. The summed E-state index contributed by atoms with van der Waals surface area (Å²) in [6, 6.07) is 8.24. The van der Waals surface area contributed by atoms with Crippen molar-refractivity contribution < 1.29 is 0 Å². The van der Waals surface area contributed by atoms with Crippen LogP contribution in [-0.2, 0) is 12.8 Å². The molecule has 0 fully saturated rings. The number of nitrogens with zero attached hydrogens (tertiary/aromatic N) is 2. The molecule has 0 amide bonds. The van der Waals surface area contributed by atoms with E-state index < -0.39 is 0 Å². The minimum atomic E-state index is 1.02. The van der Waals surface area contributed by atoms with Crippen molar-refractivity contribution >= 4 is 21.7 Å². The molecule has 4 heteroatoms. The van der Waals surface area contributed by atoms with Gasteiger partial charge in [0.25, 0.3) is 0 Å². The molecule has 1 aliphatic heterocycles. The number of benzene rings is 1. The number of anilines is 1. The fourth-order valence-corrected chi connectivity index (χ4v) is 3.04. The molecule has 1 aromatic carbocycles. The molecule has 1 aromatic heterocycles. The molecule has 2 heterocycles. The first-order valence-corrected chi connectivity index (χ1v) is 7.70. The van der Waals surface area contributed by atoms with Crippen LogP contribution < -0.4 is 5.32 Å². The molecule has 0 saturated heterocycles. The van der Waals surface area contributed by atoms with E-state index in [9.17, 15) is 0 Å². The van der Waals surface area contributed by atoms with Gasteiger partial charge in [0.15, 0.2) is 0 Å². The Balaban J connectivity index is 2.05. The molecule has 2 aromatic rings. The fourth-order valence-electron chi connectivity index (χ4n) is 2.59. The largest absolute Gasteiger partial charge is 0.369 e. The van der Waals surface area contributed by atoms with Crippen molar-refractivity contribution in [3.8, 4) is 5.69 Å². The highest BCUT2D eigenvalue weighted by Crippen LogP contribution is 2.31. The van der Waals surface area contributed by atoms with Crippen molar-refractivity contribution in [2.24, 2.45) is 0 Å². The number of hydrogen-bond acceptors (Lipinski definition) is 2. The zero-order chi connectivity index (χ0) is 13.2. The Morgan fingerprint density at radius 1 is 1.37 bits per heavy atom. The zero-order valence-electron chi connectivity index (χ0n) is 11.1. The maximum atomic E-state index is 4.82. The Morgan fingerprint density at radius 3 is 3.00 bits per heavy atom. The standard InChI is InChI=1S/C15H18BrN3/c1-2-3-7-13-11-9-10-17-15(11)19(18-13)14-8-5-4-6-12(14)16/h4-6,8,17H,2-3,7,9-10H2,1H3. The quantitative estimate of drug-likeness (QED) is 0.924. The highest BCUT2D eigenvalue weighted by atomic mass is 79.9. The SMILES string of the molecule is CCCCc1nn(-c2ccccc2Br)c2c1CCN2. The van der Waals surface area contributed by atoms with Crippen LogP contribution in [-0.4, -0.2) is 16.3 Å². The molecule has 1 aliphatic rings. The second kappa shape index (κ2) is 5.37. The summed E-state index contributed by atoms with van der Waals surface area (Å²) < 4.78 is 3.13. The summed E-state index contributed by atoms with van der Waals surface area (Å²) in [4.78, 5) is 0. The van der Waals surface area contributed by atoms with E-state index >= 15 is 0 Å². The van der Waals surface area contributed by atoms with Crippen LogP contribution in [0.1, 0.15) is 31.0 Å². The van der Waals surface area contributed by atoms with E-state index in [1.165, 1.54) is 29.9 Å². The molecule has 0 atom stereocenters. The van der Waals surface area contributed by atoms with Gasteiger partial charge in [0.1, 0.15) is 5.82 Å². The molecule has 0 bridgehead atoms. The average molecular weight is 320 g/mol. The van der Waals surface area contributed by atoms with E-state index in [0.29, 0.717) is 0 Å². The minimum Gasteiger partial charge on any atom is -0.369 e. The van der Waals surface area contributed by atoms with Crippen LogP contribution in [0.25, 0.3) is 5.69 Å². The molecule has 100 valence electrons. The lowest BCUT2D eigenvalue weighted by molar-refractivity contribution is 0.744. The first-order chi connectivity index (χ1) is 9.31. The van der Waals surface area contributed by atoms with Crippen LogP contribution >= 0.6 is 15.9 Å². The minimum absolute atomic E-state index is 1.02. The summed E-state index contributed by atoms with van der Waals surface area (Å²) in [7, 11) is 0. The Hall–Kier alpha value is -1.29. The number of aromatic nitrogens is 2. The smallest absolute Gasteiger partial charge is 0.133 e. The predicted octanol–water partition coefficient (Wildman–Crippen LogP) is 3.95. The number of halogens is 1. The molecule has 3 rings (SSSR count). The first-order valence-electron chi connectivity index (χ1n) is 6.90. The summed E-state index contributed by atoms with van der Waals surface area (Å²) >= 11 is 3.61. The van der Waals surface area contributed by atoms with Gasteiger partial charge >= 0.3 is 0 Å². The Morgan fingerprint density at radius 2 is 2.21 bits per heavy atom. The van der Waals surface area contributed by atoms with Crippen LogP contribution in [0, 0.1) is 0 Å². The van der Waals surface area contributed by atoms with Crippen LogP contribution in [0.5, 0.6) is 0 Å². The Kier molecular flexibility index (Phi) is 3.60. The number of nitrogens with one attached hydrogen (secondary N) is 1. The van der Waals surface area contributed by atoms with Crippen molar-refractivity contribution in [3.05, 3.63) is 40.0 Å². The van der Waals surface area contributed by atoms with Gasteiger partial charge < -0.3 is 5.32 Å². The van der Waals surface area contributed by atoms with Gasteiger partial charge in [0.2, 0.25) is 0 Å². The van der Waals surface area contributed by atoms with E-state index in [2.05, 4.69) is 51.1 Å². The highest BCUT2D eigenvalue weighted by molar-refractivity contribution is 9.10. The fraction of sp³-hybridized carbons (Fsp3) is 0.400. The molecule has 3 nitrogen and oxygen atoms in total. The number of aryl methyl sites for hydroxylation is 1. The van der Waals surface area contributed by atoms with Gasteiger partial charge in [-0.3, -0.25) is 0 Å². The van der Waals surface area contributed by atoms with Crippen molar-refractivity contribution in [2.45, 2.75) is 32.6 Å². The molecular weight excluding hydrogens is 302 g/mol. The number of unbranched alkanes of at least 4 members (excludes halogenated alkanes) is 1. The van der Waals surface area contributed by atoms with Gasteiger partial charge in [-0.1, -0.05) is 25.5 Å². The van der Waals surface area contributed by atoms with Crippen molar-refractivity contribution in [1.82, 2.24) is 9.78 Å². The van der Waals surface area contributed by atoms with E-state index in [-0.39, 0.29) is 0 Å². The summed E-state index contributed by atoms with van der Waals surface area (Å²) in [5.41, 5.74) is 3.78. The summed E-state index contributed by atoms with van der Waals surface area (Å²) in [6.45, 7) is 3.25. The predicted molar refractivity (Wildman–Crippen MR) is 82.1 cm³/mol. The molecule has 19 heavy (non-hydrogen) atoms. The van der Waals surface area contributed by atoms with Crippen LogP contribution in [0.15, 0.2) is 28.7 Å². The molecule has 0 spiro atoms. The summed E-state index contributed by atoms with van der Waals surface area (Å²) in [5.74, 6) is 1.18. The van der Waals surface area contributed by atoms with E-state index in [0.717, 1.165) is 29.5 Å². The van der Waals surface area contributed by atoms with Crippen LogP contribution in [0.2, 0.25) is 0 Å². The normalized spacial score (nSPS) is 13.4. The van der Waals surface area contributed by atoms with E-state index in [4.69, 9.17) is 5.10 Å². The van der Waals surface area contributed by atoms with Crippen molar-refractivity contribution in [3.63, 3.8) is 0 Å². The summed E-state index contributed by atoms with van der Waals surface area (Å²) in [5, 5.41) is 8.30. The van der Waals surface area contributed by atoms with Gasteiger partial charge in [0.05, 0.1) is 11.4 Å². The van der Waals surface area contributed by atoms with Gasteiger partial charge in [0, 0.05) is 16.6 Å². The number of hydrogen-bond donors (Lipinski definition) is 1. The first kappa shape index (κ1) is 12.7. The lowest BCUT2D eigenvalue weighted by atomic mass is 10.1. The van der Waals surface area contributed by atoms with Gasteiger partial charge in [-0.2, -0.15) is 5.10 Å². The lowest BCUT2D eigenvalue weighted by Crippen LogP contribution is -2.05. The van der Waals surface area contributed by atoms with Gasteiger partial charge in [-0.15, -0.1) is 0 Å².